The average Bonchev–Trinajstić information content (AvgIpc) is 3.04. The smallest absolute Gasteiger partial charge is 0.267 e. The third kappa shape index (κ3) is 4.13. The minimum absolute atomic E-state index is 0.0514. The Labute approximate surface area is 169 Å². The van der Waals surface area contributed by atoms with E-state index >= 15 is 0 Å². The van der Waals surface area contributed by atoms with Crippen LogP contribution in [0.25, 0.3) is 0 Å². The van der Waals surface area contributed by atoms with Gasteiger partial charge in [0.2, 0.25) is 5.91 Å². The molecular weight excluding hydrogens is 374 g/mol. The molecule has 2 fully saturated rings. The number of rotatable bonds is 4. The number of benzene rings is 2. The van der Waals surface area contributed by atoms with E-state index in [2.05, 4.69) is 0 Å². The summed E-state index contributed by atoms with van der Waals surface area (Å²) in [6.45, 7) is 3.20. The molecule has 4 rings (SSSR count). The highest BCUT2D eigenvalue weighted by Gasteiger charge is 2.49. The van der Waals surface area contributed by atoms with Crippen LogP contribution in [0.2, 0.25) is 0 Å². The van der Waals surface area contributed by atoms with E-state index in [9.17, 15) is 18.7 Å². The third-order valence-corrected chi connectivity index (χ3v) is 6.13. The predicted molar refractivity (Wildman–Crippen MR) is 107 cm³/mol. The van der Waals surface area contributed by atoms with Crippen LogP contribution >= 0.6 is 0 Å². The second-order valence-corrected chi connectivity index (χ2v) is 8.21. The number of hydrogen-bond donors (Lipinski definition) is 1. The number of alkyl halides is 2. The fourth-order valence-corrected chi connectivity index (χ4v) is 4.48. The number of aryl methyl sites for hydroxylation is 1. The lowest BCUT2D eigenvalue weighted by molar-refractivity contribution is -0.137. The van der Waals surface area contributed by atoms with Gasteiger partial charge in [0.05, 0.1) is 18.5 Å². The number of likely N-dealkylation sites (tertiary alicyclic amines) is 2. The summed E-state index contributed by atoms with van der Waals surface area (Å²) >= 11 is 0. The van der Waals surface area contributed by atoms with Crippen LogP contribution in [-0.4, -0.2) is 52.4 Å². The summed E-state index contributed by atoms with van der Waals surface area (Å²) in [5.74, 6) is -3.79. The minimum Gasteiger partial charge on any atom is -0.508 e. The van der Waals surface area contributed by atoms with Crippen molar-refractivity contribution in [1.29, 1.82) is 0 Å². The molecule has 0 aromatic heterocycles. The van der Waals surface area contributed by atoms with Crippen LogP contribution in [0, 0.1) is 6.92 Å². The molecule has 1 N–H and O–H groups in total. The number of carbonyl (C=O) groups is 1. The van der Waals surface area contributed by atoms with Crippen LogP contribution in [-0.2, 0) is 11.3 Å². The molecule has 0 aliphatic carbocycles. The molecule has 0 bridgehead atoms. The topological polar surface area (TPSA) is 43.8 Å². The molecule has 4 nitrogen and oxygen atoms in total. The highest BCUT2D eigenvalue weighted by atomic mass is 19.3. The maximum atomic E-state index is 14.9. The summed E-state index contributed by atoms with van der Waals surface area (Å²) in [5, 5.41) is 9.41. The Morgan fingerprint density at radius 1 is 1.03 bits per heavy atom. The van der Waals surface area contributed by atoms with Gasteiger partial charge in [0.1, 0.15) is 5.75 Å². The van der Waals surface area contributed by atoms with Gasteiger partial charge in [0.15, 0.2) is 0 Å². The number of nitrogens with zero attached hydrogens (tertiary/aromatic N) is 2. The Kier molecular flexibility index (Phi) is 5.30. The van der Waals surface area contributed by atoms with Gasteiger partial charge in [0, 0.05) is 13.1 Å². The molecule has 2 heterocycles. The van der Waals surface area contributed by atoms with Crippen molar-refractivity contribution in [2.75, 3.05) is 19.6 Å². The van der Waals surface area contributed by atoms with Crippen LogP contribution in [0.15, 0.2) is 48.5 Å². The Balaban J connectivity index is 1.41. The fraction of sp³-hybridized carbons (Fsp3) is 0.435. The average molecular weight is 400 g/mol. The second kappa shape index (κ2) is 7.75. The van der Waals surface area contributed by atoms with Crippen molar-refractivity contribution >= 4 is 5.91 Å². The SMILES string of the molecule is Cc1ccc(CN2CC[C@@H](N3CC[C@H](c4ccc(O)cc4)C(F)(F)C3)C2=O)cc1. The first-order valence-corrected chi connectivity index (χ1v) is 10.1. The summed E-state index contributed by atoms with van der Waals surface area (Å²) in [4.78, 5) is 16.3. The van der Waals surface area contributed by atoms with Crippen LogP contribution in [0.4, 0.5) is 8.78 Å². The Morgan fingerprint density at radius 2 is 1.72 bits per heavy atom. The number of amides is 1. The van der Waals surface area contributed by atoms with E-state index < -0.39 is 24.4 Å². The molecule has 1 amide bonds. The van der Waals surface area contributed by atoms with Crippen molar-refractivity contribution in [2.45, 2.75) is 44.2 Å². The number of carbonyl (C=O) groups excluding carboxylic acids is 1. The molecule has 0 spiro atoms. The molecule has 0 radical (unpaired) electrons. The van der Waals surface area contributed by atoms with Gasteiger partial charge >= 0.3 is 0 Å². The van der Waals surface area contributed by atoms with E-state index in [0.717, 1.165) is 11.1 Å². The number of phenols is 1. The van der Waals surface area contributed by atoms with E-state index in [0.29, 0.717) is 38.0 Å². The van der Waals surface area contributed by atoms with Crippen LogP contribution < -0.4 is 0 Å². The molecule has 2 aromatic rings. The lowest BCUT2D eigenvalue weighted by atomic mass is 9.85. The van der Waals surface area contributed by atoms with Crippen LogP contribution in [0.5, 0.6) is 5.75 Å². The normalized spacial score (nSPS) is 24.8. The van der Waals surface area contributed by atoms with E-state index in [1.165, 1.54) is 12.1 Å². The first-order valence-electron chi connectivity index (χ1n) is 10.1. The van der Waals surface area contributed by atoms with Crippen molar-refractivity contribution < 1.29 is 18.7 Å². The molecule has 2 atom stereocenters. The quantitative estimate of drug-likeness (QED) is 0.846. The van der Waals surface area contributed by atoms with Crippen molar-refractivity contribution in [3.05, 3.63) is 65.2 Å². The van der Waals surface area contributed by atoms with E-state index in [1.807, 2.05) is 31.2 Å². The summed E-state index contributed by atoms with van der Waals surface area (Å²) in [6, 6.07) is 13.6. The van der Waals surface area contributed by atoms with E-state index in [1.54, 1.807) is 21.9 Å². The number of aromatic hydroxyl groups is 1. The standard InChI is InChI=1S/C23H26F2N2O2/c1-16-2-4-17(5-3-16)14-26-13-11-21(22(26)29)27-12-10-20(23(24,25)15-27)18-6-8-19(28)9-7-18/h2-9,20-21,28H,10-15H2,1H3/t20-,21-/m1/s1. The van der Waals surface area contributed by atoms with Crippen molar-refractivity contribution in [3.8, 4) is 5.75 Å². The van der Waals surface area contributed by atoms with Gasteiger partial charge in [0.25, 0.3) is 5.92 Å². The number of halogens is 2. The van der Waals surface area contributed by atoms with Crippen LogP contribution in [0.1, 0.15) is 35.4 Å². The largest absolute Gasteiger partial charge is 0.508 e. The van der Waals surface area contributed by atoms with Gasteiger partial charge in [-0.05, 0) is 49.6 Å². The zero-order valence-electron chi connectivity index (χ0n) is 16.5. The maximum Gasteiger partial charge on any atom is 0.267 e. The van der Waals surface area contributed by atoms with Gasteiger partial charge in [-0.3, -0.25) is 9.69 Å². The first-order chi connectivity index (χ1) is 13.8. The Morgan fingerprint density at radius 3 is 2.38 bits per heavy atom. The zero-order valence-corrected chi connectivity index (χ0v) is 16.5. The van der Waals surface area contributed by atoms with Crippen LogP contribution in [0.3, 0.4) is 0 Å². The van der Waals surface area contributed by atoms with Gasteiger partial charge < -0.3 is 10.0 Å². The monoisotopic (exact) mass is 400 g/mol. The second-order valence-electron chi connectivity index (χ2n) is 8.21. The lowest BCUT2D eigenvalue weighted by Gasteiger charge is -2.40. The molecular formula is C23H26F2N2O2. The number of phenolic OH excluding ortho intramolecular Hbond substituents is 1. The first kappa shape index (κ1) is 19.8. The summed E-state index contributed by atoms with van der Waals surface area (Å²) in [6.07, 6.45) is 0.879. The highest BCUT2D eigenvalue weighted by molar-refractivity contribution is 5.84. The number of hydrogen-bond acceptors (Lipinski definition) is 3. The van der Waals surface area contributed by atoms with Gasteiger partial charge in [-0.25, -0.2) is 8.78 Å². The number of piperidine rings is 1. The molecule has 2 saturated heterocycles. The molecule has 154 valence electrons. The third-order valence-electron chi connectivity index (χ3n) is 6.13. The molecule has 6 heteroatoms. The Bertz CT molecular complexity index is 867. The summed E-state index contributed by atoms with van der Waals surface area (Å²) in [7, 11) is 0. The molecule has 2 aliphatic rings. The molecule has 0 unspecified atom stereocenters. The predicted octanol–water partition coefficient (Wildman–Crippen LogP) is 3.93. The highest BCUT2D eigenvalue weighted by Crippen LogP contribution is 2.42. The van der Waals surface area contributed by atoms with Gasteiger partial charge in [-0.2, -0.15) is 0 Å². The molecule has 29 heavy (non-hydrogen) atoms. The fourth-order valence-electron chi connectivity index (χ4n) is 4.48. The Hall–Kier alpha value is -2.47. The van der Waals surface area contributed by atoms with Gasteiger partial charge in [-0.1, -0.05) is 42.0 Å². The van der Waals surface area contributed by atoms with Crippen molar-refractivity contribution in [2.24, 2.45) is 0 Å². The van der Waals surface area contributed by atoms with Crippen molar-refractivity contribution in [1.82, 2.24) is 9.80 Å². The summed E-state index contributed by atoms with van der Waals surface area (Å²) < 4.78 is 29.9. The lowest BCUT2D eigenvalue weighted by Crippen LogP contribution is -2.53. The van der Waals surface area contributed by atoms with E-state index in [-0.39, 0.29) is 11.7 Å². The molecule has 0 saturated carbocycles. The van der Waals surface area contributed by atoms with Gasteiger partial charge in [-0.15, -0.1) is 0 Å². The summed E-state index contributed by atoms with van der Waals surface area (Å²) in [5.41, 5.74) is 2.75. The zero-order chi connectivity index (χ0) is 20.6. The van der Waals surface area contributed by atoms with E-state index in [4.69, 9.17) is 0 Å². The minimum atomic E-state index is -2.92. The maximum absolute atomic E-state index is 14.9. The molecule has 2 aliphatic heterocycles. The molecule has 2 aromatic carbocycles. The van der Waals surface area contributed by atoms with Crippen molar-refractivity contribution in [3.63, 3.8) is 0 Å².